The zero-order chi connectivity index (χ0) is 22.5. The number of rotatable bonds is 10. The Labute approximate surface area is 181 Å². The van der Waals surface area contributed by atoms with Gasteiger partial charge in [0.05, 0.1) is 25.5 Å². The lowest BCUT2D eigenvalue weighted by atomic mass is 10.2. The van der Waals surface area contributed by atoms with E-state index in [2.05, 4.69) is 15.8 Å². The standard InChI is InChI=1S/C21H30N4O6/c1-16(2)30-11-3-8-22-20(27)21(28)24-23-14-17-4-6-18(7-5-17)31-15-19(26)25-9-12-29-13-10-25/h4-7,14,16H,3,8-13,15H2,1-2H3,(H,22,27)(H,24,28)/b23-14-. The Hall–Kier alpha value is -2.98. The summed E-state index contributed by atoms with van der Waals surface area (Å²) < 4.78 is 16.1. The van der Waals surface area contributed by atoms with Crippen molar-refractivity contribution in [1.82, 2.24) is 15.6 Å². The minimum absolute atomic E-state index is 0.0395. The first-order valence-electron chi connectivity index (χ1n) is 10.3. The summed E-state index contributed by atoms with van der Waals surface area (Å²) in [4.78, 5) is 37.2. The van der Waals surface area contributed by atoms with E-state index < -0.39 is 11.8 Å². The fourth-order valence-corrected chi connectivity index (χ4v) is 2.59. The topological polar surface area (TPSA) is 119 Å². The quantitative estimate of drug-likeness (QED) is 0.237. The molecule has 2 N–H and O–H groups in total. The average molecular weight is 434 g/mol. The molecular weight excluding hydrogens is 404 g/mol. The van der Waals surface area contributed by atoms with Gasteiger partial charge >= 0.3 is 11.8 Å². The van der Waals surface area contributed by atoms with Crippen LogP contribution in [0.1, 0.15) is 25.8 Å². The van der Waals surface area contributed by atoms with E-state index in [-0.39, 0.29) is 18.6 Å². The second-order valence-electron chi connectivity index (χ2n) is 7.08. The van der Waals surface area contributed by atoms with E-state index in [9.17, 15) is 14.4 Å². The number of hydrogen-bond acceptors (Lipinski definition) is 7. The molecule has 1 fully saturated rings. The van der Waals surface area contributed by atoms with E-state index in [1.165, 1.54) is 6.21 Å². The zero-order valence-corrected chi connectivity index (χ0v) is 18.0. The molecule has 0 spiro atoms. The first kappa shape index (κ1) is 24.3. The van der Waals surface area contributed by atoms with Gasteiger partial charge in [0.2, 0.25) is 0 Å². The first-order chi connectivity index (χ1) is 15.0. The van der Waals surface area contributed by atoms with Crippen molar-refractivity contribution in [2.45, 2.75) is 26.4 Å². The third-order valence-corrected chi connectivity index (χ3v) is 4.25. The van der Waals surface area contributed by atoms with E-state index >= 15 is 0 Å². The van der Waals surface area contributed by atoms with E-state index in [4.69, 9.17) is 14.2 Å². The van der Waals surface area contributed by atoms with E-state index in [0.29, 0.717) is 57.2 Å². The highest BCUT2D eigenvalue weighted by Crippen LogP contribution is 2.11. The third-order valence-electron chi connectivity index (χ3n) is 4.25. The van der Waals surface area contributed by atoms with Crippen LogP contribution < -0.4 is 15.5 Å². The fourth-order valence-electron chi connectivity index (χ4n) is 2.59. The van der Waals surface area contributed by atoms with Gasteiger partial charge in [-0.05, 0) is 50.1 Å². The fraction of sp³-hybridized carbons (Fsp3) is 0.524. The normalized spacial score (nSPS) is 14.0. The summed E-state index contributed by atoms with van der Waals surface area (Å²) in [7, 11) is 0. The molecule has 0 radical (unpaired) electrons. The van der Waals surface area contributed by atoms with Crippen LogP contribution in [0.5, 0.6) is 5.75 Å². The smallest absolute Gasteiger partial charge is 0.329 e. The van der Waals surface area contributed by atoms with Crippen molar-refractivity contribution in [2.75, 3.05) is 46.1 Å². The molecule has 0 aliphatic carbocycles. The van der Waals surface area contributed by atoms with Gasteiger partial charge in [0.1, 0.15) is 5.75 Å². The Balaban J connectivity index is 1.66. The minimum Gasteiger partial charge on any atom is -0.484 e. The number of nitrogens with one attached hydrogen (secondary N) is 2. The van der Waals surface area contributed by atoms with Crippen molar-refractivity contribution in [3.05, 3.63) is 29.8 Å². The lowest BCUT2D eigenvalue weighted by molar-refractivity contribution is -0.139. The highest BCUT2D eigenvalue weighted by molar-refractivity contribution is 6.35. The third kappa shape index (κ3) is 9.58. The molecule has 1 aliphatic heterocycles. The summed E-state index contributed by atoms with van der Waals surface area (Å²) in [6.45, 7) is 6.92. The molecule has 10 heteroatoms. The Morgan fingerprint density at radius 3 is 2.55 bits per heavy atom. The molecule has 1 saturated heterocycles. The number of morpholine rings is 1. The van der Waals surface area contributed by atoms with Gasteiger partial charge in [0.15, 0.2) is 6.61 Å². The van der Waals surface area contributed by atoms with Gasteiger partial charge in [-0.15, -0.1) is 0 Å². The summed E-state index contributed by atoms with van der Waals surface area (Å²) in [6.07, 6.45) is 2.16. The molecule has 0 saturated carbocycles. The van der Waals surface area contributed by atoms with Crippen LogP contribution in [0.3, 0.4) is 0 Å². The van der Waals surface area contributed by atoms with Crippen LogP contribution in [-0.4, -0.2) is 81.0 Å². The molecule has 31 heavy (non-hydrogen) atoms. The number of benzene rings is 1. The number of hydrogen-bond donors (Lipinski definition) is 2. The van der Waals surface area contributed by atoms with Gasteiger partial charge in [0.25, 0.3) is 5.91 Å². The number of nitrogens with zero attached hydrogens (tertiary/aromatic N) is 2. The lowest BCUT2D eigenvalue weighted by Crippen LogP contribution is -2.42. The summed E-state index contributed by atoms with van der Waals surface area (Å²) >= 11 is 0. The van der Waals surface area contributed by atoms with Crippen molar-refractivity contribution in [3.63, 3.8) is 0 Å². The Kier molecular flexibility index (Phi) is 10.5. The van der Waals surface area contributed by atoms with Crippen LogP contribution in [0.4, 0.5) is 0 Å². The largest absolute Gasteiger partial charge is 0.484 e. The molecule has 0 atom stereocenters. The zero-order valence-electron chi connectivity index (χ0n) is 18.0. The van der Waals surface area contributed by atoms with Gasteiger partial charge in [-0.3, -0.25) is 14.4 Å². The molecule has 3 amide bonds. The molecule has 1 aliphatic rings. The summed E-state index contributed by atoms with van der Waals surface area (Å²) in [5.74, 6) is -1.14. The van der Waals surface area contributed by atoms with E-state index in [1.807, 2.05) is 13.8 Å². The van der Waals surface area contributed by atoms with Gasteiger partial charge in [-0.2, -0.15) is 5.10 Å². The monoisotopic (exact) mass is 434 g/mol. The van der Waals surface area contributed by atoms with Gasteiger partial charge in [0, 0.05) is 26.2 Å². The molecule has 0 bridgehead atoms. The number of hydrazone groups is 1. The van der Waals surface area contributed by atoms with Crippen LogP contribution in [-0.2, 0) is 23.9 Å². The molecule has 1 heterocycles. The number of amides is 3. The van der Waals surface area contributed by atoms with Crippen LogP contribution in [0, 0.1) is 0 Å². The Morgan fingerprint density at radius 2 is 1.87 bits per heavy atom. The summed E-state index contributed by atoms with van der Waals surface area (Å²) in [6, 6.07) is 6.83. The van der Waals surface area contributed by atoms with Gasteiger partial charge in [-0.25, -0.2) is 5.43 Å². The maximum Gasteiger partial charge on any atom is 0.329 e. The highest BCUT2D eigenvalue weighted by Gasteiger charge is 2.17. The molecule has 170 valence electrons. The number of carbonyl (C=O) groups is 3. The van der Waals surface area contributed by atoms with Gasteiger partial charge in [-0.1, -0.05) is 0 Å². The molecular formula is C21H30N4O6. The van der Waals surface area contributed by atoms with E-state index in [1.54, 1.807) is 29.2 Å². The highest BCUT2D eigenvalue weighted by atomic mass is 16.5. The SMILES string of the molecule is CC(C)OCCCNC(=O)C(=O)N/N=C\c1ccc(OCC(=O)N2CCOCC2)cc1. The van der Waals surface area contributed by atoms with Crippen molar-refractivity contribution in [3.8, 4) is 5.75 Å². The van der Waals surface area contributed by atoms with Crippen molar-refractivity contribution < 1.29 is 28.6 Å². The van der Waals surface area contributed by atoms with Gasteiger partial charge < -0.3 is 24.4 Å². The number of carbonyl (C=O) groups excluding carboxylic acids is 3. The van der Waals surface area contributed by atoms with Crippen LogP contribution in [0.15, 0.2) is 29.4 Å². The van der Waals surface area contributed by atoms with Crippen molar-refractivity contribution in [2.24, 2.45) is 5.10 Å². The van der Waals surface area contributed by atoms with Crippen LogP contribution in [0.2, 0.25) is 0 Å². The predicted molar refractivity (Wildman–Crippen MR) is 114 cm³/mol. The van der Waals surface area contributed by atoms with Crippen LogP contribution in [0.25, 0.3) is 0 Å². The predicted octanol–water partition coefficient (Wildman–Crippen LogP) is 0.306. The number of ether oxygens (including phenoxy) is 3. The maximum absolute atomic E-state index is 12.1. The Morgan fingerprint density at radius 1 is 1.16 bits per heavy atom. The van der Waals surface area contributed by atoms with Crippen molar-refractivity contribution in [1.29, 1.82) is 0 Å². The molecule has 0 aromatic heterocycles. The first-order valence-corrected chi connectivity index (χ1v) is 10.3. The molecule has 1 aromatic rings. The second-order valence-corrected chi connectivity index (χ2v) is 7.08. The molecule has 10 nitrogen and oxygen atoms in total. The second kappa shape index (κ2) is 13.3. The summed E-state index contributed by atoms with van der Waals surface area (Å²) in [5.41, 5.74) is 2.87. The Bertz CT molecular complexity index is 745. The molecule has 0 unspecified atom stereocenters. The molecule has 1 aromatic carbocycles. The lowest BCUT2D eigenvalue weighted by Gasteiger charge is -2.26. The maximum atomic E-state index is 12.1. The minimum atomic E-state index is -0.845. The average Bonchev–Trinajstić information content (AvgIpc) is 2.78. The van der Waals surface area contributed by atoms with Crippen molar-refractivity contribution >= 4 is 23.9 Å². The summed E-state index contributed by atoms with van der Waals surface area (Å²) in [5, 5.41) is 6.27. The van der Waals surface area contributed by atoms with E-state index in [0.717, 1.165) is 0 Å². The van der Waals surface area contributed by atoms with Crippen LogP contribution >= 0.6 is 0 Å². The molecule has 2 rings (SSSR count).